The highest BCUT2D eigenvalue weighted by Gasteiger charge is 2.34. The van der Waals surface area contributed by atoms with Crippen LogP contribution in [0, 0.1) is 17.8 Å². The van der Waals surface area contributed by atoms with Crippen LogP contribution < -0.4 is 0 Å². The van der Waals surface area contributed by atoms with Crippen molar-refractivity contribution in [2.24, 2.45) is 5.92 Å². The molecule has 2 aliphatic rings. The van der Waals surface area contributed by atoms with Gasteiger partial charge in [0.2, 0.25) is 0 Å². The van der Waals surface area contributed by atoms with Crippen LogP contribution in [0.4, 0.5) is 0 Å². The van der Waals surface area contributed by atoms with Crippen molar-refractivity contribution in [1.82, 2.24) is 0 Å². The van der Waals surface area contributed by atoms with Gasteiger partial charge in [-0.2, -0.15) is 0 Å². The van der Waals surface area contributed by atoms with Crippen LogP contribution in [0.5, 0.6) is 0 Å². The van der Waals surface area contributed by atoms with E-state index in [0.29, 0.717) is 28.2 Å². The third kappa shape index (κ3) is 8.59. The standard InChI is InChI=1S/C49H48O2S2/c1-5-6-7-10-33-17-23-36(24-18-33)37-25-19-34(20-26-37)15-16-35-21-29-39(30-22-35)52-43-13-8-11-41-45(43)47(50)42-12-9-14-44(46(42)48(41)51)53-40-31-27-38(28-32-40)49(2,3)4/h8-9,11-14,19-22,25-33,36H,5-7,10,17-18,23-24H2,1-4H3. The molecule has 0 bridgehead atoms. The summed E-state index contributed by atoms with van der Waals surface area (Å²) < 4.78 is 0. The Hall–Kier alpha value is -4.30. The molecule has 4 heteroatoms. The van der Waals surface area contributed by atoms with E-state index in [1.807, 2.05) is 48.5 Å². The number of carbonyl (C=O) groups is 2. The summed E-state index contributed by atoms with van der Waals surface area (Å²) in [6, 6.07) is 36.7. The maximum Gasteiger partial charge on any atom is 0.195 e. The van der Waals surface area contributed by atoms with E-state index in [9.17, 15) is 9.59 Å². The molecule has 1 fully saturated rings. The SMILES string of the molecule is CCCCCC1CCC(c2ccc(C#Cc3ccc(Sc4cccc5c4C(=O)c4cccc(Sc6ccc(C(C)(C)C)cc6)c4C5=O)cc3)cc2)CC1. The lowest BCUT2D eigenvalue weighted by Crippen LogP contribution is -2.22. The molecule has 0 spiro atoms. The molecule has 53 heavy (non-hydrogen) atoms. The fraction of sp³-hybridized carbons (Fsp3) is 0.306. The number of hydrogen-bond acceptors (Lipinski definition) is 4. The summed E-state index contributed by atoms with van der Waals surface area (Å²) >= 11 is 3.04. The predicted molar refractivity (Wildman–Crippen MR) is 221 cm³/mol. The van der Waals surface area contributed by atoms with Gasteiger partial charge in [0.05, 0.1) is 0 Å². The quantitative estimate of drug-likeness (QED) is 0.109. The van der Waals surface area contributed by atoms with Crippen molar-refractivity contribution in [3.05, 3.63) is 154 Å². The van der Waals surface area contributed by atoms with Gasteiger partial charge in [0.1, 0.15) is 0 Å². The van der Waals surface area contributed by atoms with Crippen molar-refractivity contribution in [2.45, 2.75) is 110 Å². The van der Waals surface area contributed by atoms with Crippen molar-refractivity contribution in [1.29, 1.82) is 0 Å². The Morgan fingerprint density at radius 2 is 1.09 bits per heavy atom. The second-order valence-electron chi connectivity index (χ2n) is 15.6. The fourth-order valence-corrected chi connectivity index (χ4v) is 9.64. The molecule has 0 radical (unpaired) electrons. The summed E-state index contributed by atoms with van der Waals surface area (Å²) in [5.74, 6) is 8.07. The maximum absolute atomic E-state index is 14.1. The van der Waals surface area contributed by atoms with E-state index >= 15 is 0 Å². The minimum absolute atomic E-state index is 0.0618. The number of carbonyl (C=O) groups excluding carboxylic acids is 2. The number of unbranched alkanes of at least 4 members (excludes halogenated alkanes) is 2. The highest BCUT2D eigenvalue weighted by Crippen LogP contribution is 2.42. The molecule has 0 N–H and O–H groups in total. The average molecular weight is 733 g/mol. The molecule has 2 nitrogen and oxygen atoms in total. The van der Waals surface area contributed by atoms with Gasteiger partial charge in [0, 0.05) is 53.0 Å². The number of benzene rings is 5. The normalized spacial score (nSPS) is 16.8. The van der Waals surface area contributed by atoms with Gasteiger partial charge >= 0.3 is 0 Å². The zero-order chi connectivity index (χ0) is 37.0. The van der Waals surface area contributed by atoms with Crippen LogP contribution in [-0.4, -0.2) is 11.6 Å². The van der Waals surface area contributed by atoms with Crippen LogP contribution in [0.25, 0.3) is 0 Å². The summed E-state index contributed by atoms with van der Waals surface area (Å²) in [5, 5.41) is 0. The third-order valence-electron chi connectivity index (χ3n) is 10.8. The smallest absolute Gasteiger partial charge is 0.195 e. The lowest BCUT2D eigenvalue weighted by Gasteiger charge is -2.29. The molecule has 7 rings (SSSR count). The molecule has 0 unspecified atom stereocenters. The summed E-state index contributed by atoms with van der Waals surface area (Å²) in [7, 11) is 0. The van der Waals surface area contributed by atoms with Crippen molar-refractivity contribution >= 4 is 35.1 Å². The summed E-state index contributed by atoms with van der Waals surface area (Å²) in [6.07, 6.45) is 10.8. The molecule has 1 saturated carbocycles. The number of ketones is 2. The van der Waals surface area contributed by atoms with E-state index in [1.165, 1.54) is 86.0 Å². The Labute approximate surface area is 324 Å². The van der Waals surface area contributed by atoms with E-state index in [2.05, 4.69) is 88.1 Å². The molecule has 0 heterocycles. The van der Waals surface area contributed by atoms with Crippen molar-refractivity contribution in [2.75, 3.05) is 0 Å². The molecule has 0 saturated heterocycles. The van der Waals surface area contributed by atoms with E-state index in [-0.39, 0.29) is 17.0 Å². The van der Waals surface area contributed by atoms with Crippen LogP contribution in [0.1, 0.15) is 139 Å². The van der Waals surface area contributed by atoms with Crippen molar-refractivity contribution in [3.8, 4) is 11.8 Å². The topological polar surface area (TPSA) is 34.1 Å². The Bertz CT molecular complexity index is 2150. The first-order chi connectivity index (χ1) is 25.7. The van der Waals surface area contributed by atoms with Crippen LogP contribution in [0.2, 0.25) is 0 Å². The molecule has 2 aliphatic carbocycles. The molecular weight excluding hydrogens is 685 g/mol. The molecule has 268 valence electrons. The molecule has 0 atom stereocenters. The molecule has 0 aromatic heterocycles. The van der Waals surface area contributed by atoms with Crippen LogP contribution in [0.3, 0.4) is 0 Å². The Morgan fingerprint density at radius 3 is 1.58 bits per heavy atom. The molecule has 0 aliphatic heterocycles. The first-order valence-electron chi connectivity index (χ1n) is 19.2. The van der Waals surface area contributed by atoms with Gasteiger partial charge in [0.25, 0.3) is 0 Å². The van der Waals surface area contributed by atoms with E-state index in [0.717, 1.165) is 36.6 Å². The highest BCUT2D eigenvalue weighted by molar-refractivity contribution is 7.99. The second-order valence-corrected chi connectivity index (χ2v) is 17.8. The zero-order valence-corrected chi connectivity index (χ0v) is 33.0. The van der Waals surface area contributed by atoms with Crippen molar-refractivity contribution < 1.29 is 9.59 Å². The highest BCUT2D eigenvalue weighted by atomic mass is 32.2. The first-order valence-corrected chi connectivity index (χ1v) is 20.8. The van der Waals surface area contributed by atoms with E-state index in [1.54, 1.807) is 12.1 Å². The second kappa shape index (κ2) is 16.4. The minimum atomic E-state index is -0.105. The minimum Gasteiger partial charge on any atom is -0.289 e. The van der Waals surface area contributed by atoms with Gasteiger partial charge in [-0.3, -0.25) is 9.59 Å². The largest absolute Gasteiger partial charge is 0.289 e. The lowest BCUT2D eigenvalue weighted by atomic mass is 9.77. The van der Waals surface area contributed by atoms with Gasteiger partial charge in [-0.15, -0.1) is 0 Å². The summed E-state index contributed by atoms with van der Waals surface area (Å²) in [6.45, 7) is 8.88. The maximum atomic E-state index is 14.1. The average Bonchev–Trinajstić information content (AvgIpc) is 3.17. The van der Waals surface area contributed by atoms with Crippen LogP contribution in [0.15, 0.2) is 129 Å². The number of rotatable bonds is 9. The van der Waals surface area contributed by atoms with Gasteiger partial charge < -0.3 is 0 Å². The predicted octanol–water partition coefficient (Wildman–Crippen LogP) is 13.3. The van der Waals surface area contributed by atoms with Crippen LogP contribution >= 0.6 is 23.5 Å². The monoisotopic (exact) mass is 732 g/mol. The molecule has 5 aromatic rings. The first kappa shape index (κ1) is 37.0. The number of hydrogen-bond donors (Lipinski definition) is 0. The van der Waals surface area contributed by atoms with E-state index in [4.69, 9.17) is 0 Å². The fourth-order valence-electron chi connectivity index (χ4n) is 7.68. The summed E-state index contributed by atoms with van der Waals surface area (Å²) in [4.78, 5) is 31.7. The third-order valence-corrected chi connectivity index (χ3v) is 13.0. The number of fused-ring (bicyclic) bond motifs is 2. The van der Waals surface area contributed by atoms with Gasteiger partial charge in [-0.25, -0.2) is 0 Å². The summed E-state index contributed by atoms with van der Waals surface area (Å²) in [5.41, 5.74) is 6.65. The molecular formula is C49H48O2S2. The lowest BCUT2D eigenvalue weighted by molar-refractivity contribution is 0.0974. The Balaban J connectivity index is 1.01. The molecule has 5 aromatic carbocycles. The Kier molecular flexibility index (Phi) is 11.4. The van der Waals surface area contributed by atoms with Crippen molar-refractivity contribution in [3.63, 3.8) is 0 Å². The Morgan fingerprint density at radius 1 is 0.604 bits per heavy atom. The van der Waals surface area contributed by atoms with E-state index < -0.39 is 0 Å². The zero-order valence-electron chi connectivity index (χ0n) is 31.3. The molecule has 0 amide bonds. The van der Waals surface area contributed by atoms with Gasteiger partial charge in [-0.05, 0) is 115 Å². The van der Waals surface area contributed by atoms with Gasteiger partial charge in [-0.1, -0.05) is 137 Å². The van der Waals surface area contributed by atoms with Crippen LogP contribution in [-0.2, 0) is 5.41 Å². The van der Waals surface area contributed by atoms with Gasteiger partial charge in [0.15, 0.2) is 11.6 Å².